The molecule has 0 aromatic heterocycles. The van der Waals surface area contributed by atoms with Gasteiger partial charge in [-0.1, -0.05) is 45.4 Å². The first kappa shape index (κ1) is 15.9. The van der Waals surface area contributed by atoms with Crippen molar-refractivity contribution in [1.82, 2.24) is 0 Å². The maximum absolute atomic E-state index is 12.6. The zero-order valence-corrected chi connectivity index (χ0v) is 14.6. The first-order chi connectivity index (χ1) is 12.2. The highest BCUT2D eigenvalue weighted by molar-refractivity contribution is 9.10. The largest absolute Gasteiger partial charge is 0.393 e. The van der Waals surface area contributed by atoms with Crippen LogP contribution in [0.3, 0.4) is 0 Å². The number of halogens is 1. The molecule has 0 radical (unpaired) electrons. The van der Waals surface area contributed by atoms with Crippen LogP contribution in [0.2, 0.25) is 0 Å². The van der Waals surface area contributed by atoms with E-state index < -0.39 is 0 Å². The van der Waals surface area contributed by atoms with Crippen LogP contribution in [0.1, 0.15) is 11.1 Å². The molecule has 1 amide bonds. The predicted molar refractivity (Wildman–Crippen MR) is 99.3 cm³/mol. The van der Waals surface area contributed by atoms with Gasteiger partial charge in [0.15, 0.2) is 0 Å². The van der Waals surface area contributed by atoms with Crippen molar-refractivity contribution in [3.05, 3.63) is 63.8 Å². The molecule has 25 heavy (non-hydrogen) atoms. The number of hydrogen-bond donors (Lipinski definition) is 3. The number of carbonyl (C=O) groups excluding carboxylic acids is 1. The summed E-state index contributed by atoms with van der Waals surface area (Å²) in [5.41, 5.74) is 4.91. The summed E-state index contributed by atoms with van der Waals surface area (Å²) >= 11 is 3.42. The van der Waals surface area contributed by atoms with Gasteiger partial charge < -0.3 is 20.6 Å². The highest BCUT2D eigenvalue weighted by atomic mass is 79.9. The number of nitrogens with one attached hydrogen (secondary N) is 2. The Kier molecular flexibility index (Phi) is 4.03. The molecule has 2 aliphatic rings. The maximum atomic E-state index is 12.6. The molecule has 0 atom stereocenters. The van der Waals surface area contributed by atoms with Crippen LogP contribution in [0.25, 0.3) is 5.57 Å². The summed E-state index contributed by atoms with van der Waals surface area (Å²) in [6, 6.07) is 13.3. The number of amides is 1. The smallest absolute Gasteiger partial charge is 0.258 e. The van der Waals surface area contributed by atoms with E-state index in [-0.39, 0.29) is 19.1 Å². The zero-order chi connectivity index (χ0) is 17.4. The summed E-state index contributed by atoms with van der Waals surface area (Å²) in [4.78, 5) is 17.8. The molecule has 0 unspecified atom stereocenters. The molecule has 0 spiro atoms. The number of para-hydroxylation sites is 1. The number of benzene rings is 2. The van der Waals surface area contributed by atoms with Gasteiger partial charge in [0.1, 0.15) is 12.3 Å². The molecule has 2 heterocycles. The topological polar surface area (TPSA) is 83.0 Å². The van der Waals surface area contributed by atoms with E-state index in [4.69, 9.17) is 9.94 Å². The summed E-state index contributed by atoms with van der Waals surface area (Å²) in [5, 5.41) is 19.2. The van der Waals surface area contributed by atoms with Gasteiger partial charge in [-0.15, -0.1) is 0 Å². The van der Waals surface area contributed by atoms with Crippen molar-refractivity contribution in [2.45, 2.75) is 0 Å². The van der Waals surface area contributed by atoms with Crippen LogP contribution < -0.4 is 10.6 Å². The molecule has 2 aromatic carbocycles. The number of fused-ring (bicyclic) bond motifs is 2. The molecule has 0 saturated heterocycles. The van der Waals surface area contributed by atoms with E-state index in [0.717, 1.165) is 27.0 Å². The van der Waals surface area contributed by atoms with Gasteiger partial charge in [0.2, 0.25) is 0 Å². The number of nitrogens with zero attached hydrogens (tertiary/aromatic N) is 1. The van der Waals surface area contributed by atoms with E-state index in [2.05, 4.69) is 31.7 Å². The molecule has 126 valence electrons. The molecule has 0 bridgehead atoms. The standard InChI is InChI=1S/C18H14BrN3O3/c19-10-5-6-11-14(9-10)21-18(24)15(11)17-16(22-25-8-7-23)12-3-1-2-4-13(12)20-17/h1-6,9,20,23H,7-8H2,(H,21,24)/b17-15-,22-16+. The van der Waals surface area contributed by atoms with Crippen LogP contribution in [0, 0.1) is 0 Å². The third-order valence-electron chi connectivity index (χ3n) is 3.99. The number of allylic oxidation sites excluding steroid dienone is 1. The number of carbonyl (C=O) groups is 1. The number of aliphatic hydroxyl groups is 1. The van der Waals surface area contributed by atoms with Crippen molar-refractivity contribution >= 4 is 44.5 Å². The first-order valence-electron chi connectivity index (χ1n) is 7.72. The molecule has 0 saturated carbocycles. The van der Waals surface area contributed by atoms with Crippen molar-refractivity contribution in [2.75, 3.05) is 23.8 Å². The van der Waals surface area contributed by atoms with E-state index in [1.165, 1.54) is 0 Å². The molecule has 4 rings (SSSR count). The minimum atomic E-state index is -0.196. The van der Waals surface area contributed by atoms with E-state index in [1.807, 2.05) is 42.5 Å². The number of anilines is 2. The van der Waals surface area contributed by atoms with Crippen molar-refractivity contribution in [1.29, 1.82) is 0 Å². The molecule has 2 aliphatic heterocycles. The second-order valence-corrected chi connectivity index (χ2v) is 6.48. The maximum Gasteiger partial charge on any atom is 0.258 e. The van der Waals surface area contributed by atoms with E-state index in [1.54, 1.807) is 0 Å². The molecule has 0 aliphatic carbocycles. The van der Waals surface area contributed by atoms with Crippen LogP contribution in [-0.2, 0) is 9.63 Å². The summed E-state index contributed by atoms with van der Waals surface area (Å²) in [6.45, 7) is -0.0425. The lowest BCUT2D eigenvalue weighted by Crippen LogP contribution is -2.13. The fourth-order valence-electron chi connectivity index (χ4n) is 2.95. The zero-order valence-electron chi connectivity index (χ0n) is 13.0. The Bertz CT molecular complexity index is 937. The Labute approximate surface area is 152 Å². The Hall–Kier alpha value is -2.64. The average Bonchev–Trinajstić information content (AvgIpc) is 3.11. The Balaban J connectivity index is 1.88. The number of rotatable bonds is 3. The molecule has 7 heteroatoms. The summed E-state index contributed by atoms with van der Waals surface area (Å²) in [5.74, 6) is -0.196. The Morgan fingerprint density at radius 3 is 2.76 bits per heavy atom. The van der Waals surface area contributed by atoms with Crippen molar-refractivity contribution in [3.63, 3.8) is 0 Å². The van der Waals surface area contributed by atoms with E-state index in [0.29, 0.717) is 17.0 Å². The third kappa shape index (κ3) is 2.71. The van der Waals surface area contributed by atoms with Crippen LogP contribution in [-0.4, -0.2) is 29.9 Å². The minimum Gasteiger partial charge on any atom is -0.393 e. The van der Waals surface area contributed by atoms with Crippen LogP contribution >= 0.6 is 15.9 Å². The minimum absolute atomic E-state index is 0.0873. The molecule has 0 fully saturated rings. The van der Waals surface area contributed by atoms with Crippen LogP contribution in [0.5, 0.6) is 0 Å². The van der Waals surface area contributed by atoms with Crippen molar-refractivity contribution < 1.29 is 14.7 Å². The lowest BCUT2D eigenvalue weighted by molar-refractivity contribution is -0.110. The number of hydrogen-bond acceptors (Lipinski definition) is 5. The SMILES string of the molecule is O=C1Nc2cc(Br)ccc2/C1=C1/Nc2ccccc2/C1=N\OCCO. The lowest BCUT2D eigenvalue weighted by Gasteiger charge is -2.06. The molecule has 3 N–H and O–H groups in total. The van der Waals surface area contributed by atoms with Crippen molar-refractivity contribution in [3.8, 4) is 0 Å². The number of oxime groups is 1. The van der Waals surface area contributed by atoms with Crippen LogP contribution in [0.15, 0.2) is 57.8 Å². The highest BCUT2D eigenvalue weighted by Gasteiger charge is 2.34. The summed E-state index contributed by atoms with van der Waals surface area (Å²) < 4.78 is 0.889. The van der Waals surface area contributed by atoms with Gasteiger partial charge in [-0.05, 0) is 18.2 Å². The van der Waals surface area contributed by atoms with Gasteiger partial charge in [0.05, 0.1) is 23.6 Å². The predicted octanol–water partition coefficient (Wildman–Crippen LogP) is 2.95. The molecule has 2 aromatic rings. The highest BCUT2D eigenvalue weighted by Crippen LogP contribution is 2.39. The van der Waals surface area contributed by atoms with E-state index in [9.17, 15) is 4.79 Å². The Morgan fingerprint density at radius 2 is 1.92 bits per heavy atom. The quantitative estimate of drug-likeness (QED) is 0.420. The monoisotopic (exact) mass is 399 g/mol. The second-order valence-electron chi connectivity index (χ2n) is 5.56. The normalized spacial score (nSPS) is 19.4. The fourth-order valence-corrected chi connectivity index (χ4v) is 3.31. The van der Waals surface area contributed by atoms with Gasteiger partial charge >= 0.3 is 0 Å². The van der Waals surface area contributed by atoms with Gasteiger partial charge in [-0.2, -0.15) is 0 Å². The summed E-state index contributed by atoms with van der Waals surface area (Å²) in [6.07, 6.45) is 0. The Morgan fingerprint density at radius 1 is 1.08 bits per heavy atom. The van der Waals surface area contributed by atoms with Gasteiger partial charge in [-0.3, -0.25) is 4.79 Å². The first-order valence-corrected chi connectivity index (χ1v) is 8.51. The van der Waals surface area contributed by atoms with Gasteiger partial charge in [-0.25, -0.2) is 0 Å². The van der Waals surface area contributed by atoms with Crippen molar-refractivity contribution in [2.24, 2.45) is 5.16 Å². The molecular formula is C18H14BrN3O3. The fraction of sp³-hybridized carbons (Fsp3) is 0.111. The molecular weight excluding hydrogens is 386 g/mol. The lowest BCUT2D eigenvalue weighted by atomic mass is 10.0. The van der Waals surface area contributed by atoms with Crippen LogP contribution in [0.4, 0.5) is 11.4 Å². The average molecular weight is 400 g/mol. The third-order valence-corrected chi connectivity index (χ3v) is 4.49. The van der Waals surface area contributed by atoms with Gasteiger partial charge in [0, 0.05) is 21.3 Å². The van der Waals surface area contributed by atoms with Gasteiger partial charge in [0.25, 0.3) is 5.91 Å². The summed E-state index contributed by atoms with van der Waals surface area (Å²) in [7, 11) is 0. The van der Waals surface area contributed by atoms with E-state index >= 15 is 0 Å². The number of aliphatic hydroxyl groups excluding tert-OH is 1. The second kappa shape index (κ2) is 6.34. The molecule has 6 nitrogen and oxygen atoms in total.